The number of unbranched alkanes of at least 4 members (excludes halogenated alkanes) is 2. The van der Waals surface area contributed by atoms with Crippen LogP contribution in [0.3, 0.4) is 0 Å². The maximum Gasteiger partial charge on any atom is 0.119 e. The fourth-order valence-corrected chi connectivity index (χ4v) is 4.78. The molecule has 0 aromatic heterocycles. The molecule has 0 spiro atoms. The highest BCUT2D eigenvalue weighted by molar-refractivity contribution is 5.64. The summed E-state index contributed by atoms with van der Waals surface area (Å²) in [5.74, 6) is 1.78. The Kier molecular flexibility index (Phi) is 15.8. The molecule has 0 bridgehead atoms. The third kappa shape index (κ3) is 13.0. The van der Waals surface area contributed by atoms with Crippen LogP contribution in [-0.2, 0) is 9.47 Å². The number of ether oxygens (including phenoxy) is 4. The molecular weight excluding hydrogens is 538 g/mol. The largest absolute Gasteiger partial charge is 0.494 e. The summed E-state index contributed by atoms with van der Waals surface area (Å²) in [6.45, 7) is 18.4. The Bertz CT molecular complexity index is 1040. The van der Waals surface area contributed by atoms with Crippen molar-refractivity contribution < 1.29 is 24.1 Å². The molecule has 6 heteroatoms. The summed E-state index contributed by atoms with van der Waals surface area (Å²) >= 11 is 0. The van der Waals surface area contributed by atoms with Crippen molar-refractivity contribution in [2.24, 2.45) is 11.7 Å². The molecule has 0 fully saturated rings. The van der Waals surface area contributed by atoms with Gasteiger partial charge < -0.3 is 29.8 Å². The summed E-state index contributed by atoms with van der Waals surface area (Å²) < 4.78 is 24.0. The van der Waals surface area contributed by atoms with Gasteiger partial charge in [0, 0.05) is 5.92 Å². The number of hydrogen-bond acceptors (Lipinski definition) is 6. The fraction of sp³-hybridized carbons (Fsp3) is 0.622. The second-order valence-corrected chi connectivity index (χ2v) is 12.4. The zero-order valence-electron chi connectivity index (χ0n) is 27.8. The molecule has 2 aromatic rings. The van der Waals surface area contributed by atoms with E-state index in [0.29, 0.717) is 32.8 Å². The van der Waals surface area contributed by atoms with Gasteiger partial charge in [-0.25, -0.2) is 0 Å². The van der Waals surface area contributed by atoms with Crippen LogP contribution in [0.2, 0.25) is 0 Å². The first-order chi connectivity index (χ1) is 20.5. The highest BCUT2D eigenvalue weighted by atomic mass is 16.5. The molecule has 0 aliphatic rings. The zero-order chi connectivity index (χ0) is 31.8. The first-order valence-corrected chi connectivity index (χ1v) is 16.4. The van der Waals surface area contributed by atoms with Crippen LogP contribution >= 0.6 is 0 Å². The van der Waals surface area contributed by atoms with Gasteiger partial charge in [0.2, 0.25) is 0 Å². The van der Waals surface area contributed by atoms with Gasteiger partial charge in [0.15, 0.2) is 0 Å². The Morgan fingerprint density at radius 2 is 1.28 bits per heavy atom. The second-order valence-electron chi connectivity index (χ2n) is 12.4. The van der Waals surface area contributed by atoms with Gasteiger partial charge in [-0.3, -0.25) is 0 Å². The lowest BCUT2D eigenvalue weighted by Gasteiger charge is -2.34. The van der Waals surface area contributed by atoms with E-state index in [9.17, 15) is 5.11 Å². The maximum atomic E-state index is 10.4. The van der Waals surface area contributed by atoms with E-state index >= 15 is 0 Å². The van der Waals surface area contributed by atoms with Crippen LogP contribution in [0.15, 0.2) is 61.2 Å². The van der Waals surface area contributed by atoms with Crippen LogP contribution < -0.4 is 15.2 Å². The molecule has 3 N–H and O–H groups in total. The summed E-state index contributed by atoms with van der Waals surface area (Å²) in [5, 5.41) is 10.4. The van der Waals surface area contributed by atoms with Crippen molar-refractivity contribution in [3.63, 3.8) is 0 Å². The average molecular weight is 598 g/mol. The summed E-state index contributed by atoms with van der Waals surface area (Å²) in [4.78, 5) is 0. The predicted octanol–water partition coefficient (Wildman–Crippen LogP) is 8.70. The molecule has 242 valence electrons. The van der Waals surface area contributed by atoms with E-state index in [1.54, 1.807) is 0 Å². The molecule has 4 atom stereocenters. The van der Waals surface area contributed by atoms with E-state index in [2.05, 4.69) is 44.7 Å². The molecule has 2 rings (SSSR count). The number of nitrogens with two attached hydrogens (primary N) is 1. The predicted molar refractivity (Wildman–Crippen MR) is 179 cm³/mol. The maximum absolute atomic E-state index is 10.4. The molecule has 0 aliphatic carbocycles. The van der Waals surface area contributed by atoms with Crippen molar-refractivity contribution in [3.05, 3.63) is 61.2 Å². The Labute approximate surface area is 262 Å². The smallest absolute Gasteiger partial charge is 0.119 e. The van der Waals surface area contributed by atoms with Crippen LogP contribution in [-0.4, -0.2) is 48.5 Å². The molecule has 2 aromatic carbocycles. The van der Waals surface area contributed by atoms with Gasteiger partial charge in [0.1, 0.15) is 17.2 Å². The molecule has 0 radical (unpaired) electrons. The molecule has 0 amide bonds. The minimum absolute atomic E-state index is 0.0241. The van der Waals surface area contributed by atoms with Gasteiger partial charge in [-0.15, -0.1) is 6.58 Å². The van der Waals surface area contributed by atoms with Gasteiger partial charge >= 0.3 is 0 Å². The van der Waals surface area contributed by atoms with Crippen molar-refractivity contribution in [2.45, 2.75) is 116 Å². The minimum Gasteiger partial charge on any atom is -0.494 e. The lowest BCUT2D eigenvalue weighted by atomic mass is 9.89. The summed E-state index contributed by atoms with van der Waals surface area (Å²) in [6, 6.07) is 16.5. The molecular formula is C37H59NO5. The minimum atomic E-state index is -0.741. The van der Waals surface area contributed by atoms with Crippen LogP contribution in [0.4, 0.5) is 0 Å². The third-order valence-corrected chi connectivity index (χ3v) is 8.97. The molecule has 43 heavy (non-hydrogen) atoms. The van der Waals surface area contributed by atoms with Crippen LogP contribution in [0.1, 0.15) is 99.3 Å². The standard InChI is InChI=1S/C37H59NO5/c1-8-26-42-35(6,9-2)24-12-14-27-40-33-20-16-31(17-21-33)32-18-22-34(23-19-32)41-28-15-13-25-37(38,11-4)43-29-30(5)36(7,39)10-3/h8,16-23,30,39H,1,9-15,24-29,38H2,2-7H3. The molecule has 6 nitrogen and oxygen atoms in total. The van der Waals surface area contributed by atoms with Crippen LogP contribution in [0.5, 0.6) is 11.5 Å². The van der Waals surface area contributed by atoms with E-state index in [1.165, 1.54) is 0 Å². The zero-order valence-corrected chi connectivity index (χ0v) is 27.8. The van der Waals surface area contributed by atoms with Gasteiger partial charge in [-0.05, 0) is 107 Å². The van der Waals surface area contributed by atoms with Crippen molar-refractivity contribution in [2.75, 3.05) is 26.4 Å². The Morgan fingerprint density at radius 3 is 1.72 bits per heavy atom. The Hall–Kier alpha value is -2.38. The average Bonchev–Trinajstić information content (AvgIpc) is 3.03. The number of hydrogen-bond donors (Lipinski definition) is 2. The van der Waals surface area contributed by atoms with Gasteiger partial charge in [-0.1, -0.05) is 58.0 Å². The quantitative estimate of drug-likeness (QED) is 0.0757. The first kappa shape index (κ1) is 36.8. The molecule has 0 saturated heterocycles. The molecule has 0 heterocycles. The van der Waals surface area contributed by atoms with Crippen molar-refractivity contribution in [3.8, 4) is 22.6 Å². The Balaban J connectivity index is 1.70. The van der Waals surface area contributed by atoms with Crippen molar-refractivity contribution in [1.29, 1.82) is 0 Å². The van der Waals surface area contributed by atoms with E-state index in [0.717, 1.165) is 74.0 Å². The number of aliphatic hydroxyl groups is 1. The monoisotopic (exact) mass is 597 g/mol. The highest BCUT2D eigenvalue weighted by Crippen LogP contribution is 2.27. The number of benzene rings is 2. The first-order valence-electron chi connectivity index (χ1n) is 16.4. The number of rotatable bonds is 23. The Morgan fingerprint density at radius 1 is 0.767 bits per heavy atom. The summed E-state index contributed by atoms with van der Waals surface area (Å²) in [7, 11) is 0. The lowest BCUT2D eigenvalue weighted by molar-refractivity contribution is -0.103. The third-order valence-electron chi connectivity index (χ3n) is 8.97. The SMILES string of the molecule is C=CCOC(C)(CC)CCCCOc1ccc(-c2ccc(OCCCCC(N)(CC)OCC(C)C(C)(O)CC)cc2)cc1. The van der Waals surface area contributed by atoms with E-state index in [4.69, 9.17) is 24.7 Å². The van der Waals surface area contributed by atoms with Crippen molar-refractivity contribution >= 4 is 0 Å². The molecule has 0 saturated carbocycles. The summed E-state index contributed by atoms with van der Waals surface area (Å²) in [5.41, 5.74) is 7.30. The van der Waals surface area contributed by atoms with Gasteiger partial charge in [0.05, 0.1) is 37.6 Å². The van der Waals surface area contributed by atoms with Gasteiger partial charge in [-0.2, -0.15) is 0 Å². The lowest BCUT2D eigenvalue weighted by Crippen LogP contribution is -2.45. The normalized spacial score (nSPS) is 16.5. The van der Waals surface area contributed by atoms with E-state index in [1.807, 2.05) is 58.0 Å². The van der Waals surface area contributed by atoms with E-state index in [-0.39, 0.29) is 11.5 Å². The van der Waals surface area contributed by atoms with E-state index < -0.39 is 11.3 Å². The van der Waals surface area contributed by atoms with Crippen LogP contribution in [0, 0.1) is 5.92 Å². The summed E-state index contributed by atoms with van der Waals surface area (Å²) in [6.07, 6.45) is 9.88. The topological polar surface area (TPSA) is 83.2 Å². The van der Waals surface area contributed by atoms with Crippen LogP contribution in [0.25, 0.3) is 11.1 Å². The second kappa shape index (κ2) is 18.4. The van der Waals surface area contributed by atoms with Crippen molar-refractivity contribution in [1.82, 2.24) is 0 Å². The fourth-order valence-electron chi connectivity index (χ4n) is 4.78. The molecule has 0 aliphatic heterocycles. The molecule has 4 unspecified atom stereocenters. The highest BCUT2D eigenvalue weighted by Gasteiger charge is 2.30. The van der Waals surface area contributed by atoms with Gasteiger partial charge in [0.25, 0.3) is 0 Å².